The Morgan fingerprint density at radius 1 is 1.30 bits per heavy atom. The molecule has 0 amide bonds. The predicted molar refractivity (Wildman–Crippen MR) is 87.9 cm³/mol. The van der Waals surface area contributed by atoms with Crippen molar-refractivity contribution >= 4 is 29.6 Å². The van der Waals surface area contributed by atoms with E-state index in [4.69, 9.17) is 8.96 Å². The fourth-order valence-electron chi connectivity index (χ4n) is 4.65. The van der Waals surface area contributed by atoms with Crippen LogP contribution < -0.4 is 3.61 Å². The molecule has 0 aliphatic heterocycles. The molecule has 2 fully saturated rings. The molecule has 0 spiro atoms. The molecule has 0 unspecified atom stereocenters. The van der Waals surface area contributed by atoms with Gasteiger partial charge in [-0.25, -0.2) is 0 Å². The molecule has 1 aromatic rings. The zero-order valence-electron chi connectivity index (χ0n) is 12.6. The van der Waals surface area contributed by atoms with Crippen molar-refractivity contribution < 1.29 is 5.11 Å². The Kier molecular flexibility index (Phi) is 3.70. The molecule has 2 aliphatic rings. The molecule has 2 bridgehead atoms. The van der Waals surface area contributed by atoms with Crippen molar-refractivity contribution in [3.05, 3.63) is 30.3 Å². The van der Waals surface area contributed by atoms with Gasteiger partial charge >= 0.3 is 130 Å². The van der Waals surface area contributed by atoms with Gasteiger partial charge in [0, 0.05) is 0 Å². The first-order valence-corrected chi connectivity index (χ1v) is 15.6. The minimum atomic E-state index is -2.63. The molecule has 1 aromatic carbocycles. The molecule has 0 radical (unpaired) electrons. The third kappa shape index (κ3) is 2.07. The molecule has 0 saturated heterocycles. The number of benzene rings is 1. The topological polar surface area (TPSA) is 20.2 Å². The molecule has 3 heteroatoms. The number of aliphatic hydroxyl groups is 1. The second-order valence-electron chi connectivity index (χ2n) is 7.30. The van der Waals surface area contributed by atoms with Crippen molar-refractivity contribution in [2.45, 2.75) is 48.7 Å². The van der Waals surface area contributed by atoms with Crippen LogP contribution in [0.5, 0.6) is 0 Å². The molecular weight excluding hydrogens is 383 g/mol. The van der Waals surface area contributed by atoms with Crippen LogP contribution in [0.3, 0.4) is 0 Å². The van der Waals surface area contributed by atoms with Crippen LogP contribution in [-0.4, -0.2) is 28.3 Å². The summed E-state index contributed by atoms with van der Waals surface area (Å²) in [7, 11) is 7.10. The number of rotatable bonds is 3. The van der Waals surface area contributed by atoms with Gasteiger partial charge < -0.3 is 0 Å². The van der Waals surface area contributed by atoms with Gasteiger partial charge in [-0.2, -0.15) is 0 Å². The zero-order valence-corrected chi connectivity index (χ0v) is 15.7. The van der Waals surface area contributed by atoms with Gasteiger partial charge in [0.05, 0.1) is 0 Å². The number of aliphatic hydroxyl groups excluding tert-OH is 1. The van der Waals surface area contributed by atoms with E-state index in [0.29, 0.717) is 5.92 Å². The van der Waals surface area contributed by atoms with Crippen LogP contribution >= 0.6 is 8.96 Å². The van der Waals surface area contributed by atoms with E-state index in [1.807, 2.05) is 0 Å². The fourth-order valence-corrected chi connectivity index (χ4v) is 14.0. The van der Waals surface area contributed by atoms with Crippen LogP contribution in [0.15, 0.2) is 30.3 Å². The summed E-state index contributed by atoms with van der Waals surface area (Å²) in [5.41, 5.74) is 0.300. The third-order valence-corrected chi connectivity index (χ3v) is 14.7. The van der Waals surface area contributed by atoms with E-state index in [9.17, 15) is 5.11 Å². The number of hydrogen-bond donors (Lipinski definition) is 1. The van der Waals surface area contributed by atoms with Crippen LogP contribution in [-0.2, 0) is 0 Å². The first-order chi connectivity index (χ1) is 9.30. The van der Waals surface area contributed by atoms with Crippen molar-refractivity contribution in [1.82, 2.24) is 0 Å². The van der Waals surface area contributed by atoms with Gasteiger partial charge in [0.15, 0.2) is 0 Å². The van der Waals surface area contributed by atoms with Crippen molar-refractivity contribution in [3.8, 4) is 0 Å². The van der Waals surface area contributed by atoms with E-state index in [2.05, 4.69) is 49.2 Å². The Morgan fingerprint density at radius 2 is 1.95 bits per heavy atom. The normalized spacial score (nSPS) is 37.9. The molecule has 0 aromatic heterocycles. The van der Waals surface area contributed by atoms with Gasteiger partial charge in [0.1, 0.15) is 0 Å². The maximum atomic E-state index is 10.7. The second-order valence-corrected chi connectivity index (χ2v) is 19.6. The standard InChI is InChI=1S/C17H25ClOTe/c1-16(2)13-9-10-17(16,15(19)11-13)12-20(3,18)14-7-5-4-6-8-14/h4-8,13,15,19H,9-12H2,1-3H3/t13-,15-,17-/m1/s1. The number of fused-ring (bicyclic) bond motifs is 2. The average Bonchev–Trinajstić information content (AvgIpc) is 2.73. The molecule has 1 nitrogen and oxygen atoms in total. The van der Waals surface area contributed by atoms with Gasteiger partial charge in [0.25, 0.3) is 0 Å². The number of hydrogen-bond acceptors (Lipinski definition) is 1. The van der Waals surface area contributed by atoms with Crippen LogP contribution in [0.25, 0.3) is 0 Å². The van der Waals surface area contributed by atoms with E-state index in [1.54, 1.807) is 0 Å². The summed E-state index contributed by atoms with van der Waals surface area (Å²) < 4.78 is 2.40. The van der Waals surface area contributed by atoms with Crippen LogP contribution in [0.1, 0.15) is 33.1 Å². The summed E-state index contributed by atoms with van der Waals surface area (Å²) >= 11 is -2.63. The summed E-state index contributed by atoms with van der Waals surface area (Å²) in [6.45, 7) is 4.73. The maximum absolute atomic E-state index is 10.7. The summed E-state index contributed by atoms with van der Waals surface area (Å²) in [5, 5.41) is 10.7. The van der Waals surface area contributed by atoms with Gasteiger partial charge in [-0.1, -0.05) is 0 Å². The van der Waals surface area contributed by atoms with Gasteiger partial charge in [-0.05, 0) is 0 Å². The van der Waals surface area contributed by atoms with Crippen LogP contribution in [0, 0.1) is 16.7 Å². The molecule has 3 rings (SSSR count). The van der Waals surface area contributed by atoms with E-state index in [1.165, 1.54) is 10.0 Å². The predicted octanol–water partition coefficient (Wildman–Crippen LogP) is 3.89. The molecule has 1 N–H and O–H groups in total. The summed E-state index contributed by atoms with van der Waals surface area (Å²) in [6.07, 6.45) is 3.27. The molecule has 0 heterocycles. The van der Waals surface area contributed by atoms with Crippen LogP contribution in [0.4, 0.5) is 0 Å². The van der Waals surface area contributed by atoms with E-state index >= 15 is 0 Å². The Bertz CT molecular complexity index is 499. The van der Waals surface area contributed by atoms with E-state index in [0.717, 1.165) is 17.3 Å². The van der Waals surface area contributed by atoms with E-state index in [-0.39, 0.29) is 16.9 Å². The monoisotopic (exact) mass is 410 g/mol. The quantitative estimate of drug-likeness (QED) is 0.753. The minimum absolute atomic E-state index is 0.0606. The first kappa shape index (κ1) is 15.2. The van der Waals surface area contributed by atoms with Crippen molar-refractivity contribution in [1.29, 1.82) is 0 Å². The van der Waals surface area contributed by atoms with E-state index < -0.39 is 17.1 Å². The average molecular weight is 408 g/mol. The summed E-state index contributed by atoms with van der Waals surface area (Å²) in [5.74, 6) is 0.684. The Morgan fingerprint density at radius 3 is 2.45 bits per heavy atom. The Balaban J connectivity index is 1.94. The molecule has 2 aliphatic carbocycles. The third-order valence-electron chi connectivity index (χ3n) is 6.15. The first-order valence-electron chi connectivity index (χ1n) is 7.48. The molecule has 4 atom stereocenters. The number of halogens is 1. The van der Waals surface area contributed by atoms with Crippen molar-refractivity contribution in [2.24, 2.45) is 16.7 Å². The Hall–Kier alpha value is 0.260. The SMILES string of the molecule is CC1(C)[C@@H]2CC[C@@]1(C[Te@@](C)(Cl)c1ccccc1)[C@H](O)C2. The molecule has 112 valence electrons. The van der Waals surface area contributed by atoms with Gasteiger partial charge in [0.2, 0.25) is 0 Å². The summed E-state index contributed by atoms with van der Waals surface area (Å²) in [4.78, 5) is 2.29. The molecular formula is C17H25ClOTe. The Labute approximate surface area is 130 Å². The van der Waals surface area contributed by atoms with Gasteiger partial charge in [-0.15, -0.1) is 0 Å². The zero-order chi connectivity index (χ0) is 14.6. The van der Waals surface area contributed by atoms with Crippen LogP contribution in [0.2, 0.25) is 9.44 Å². The van der Waals surface area contributed by atoms with Gasteiger partial charge in [-0.3, -0.25) is 0 Å². The molecule has 20 heavy (non-hydrogen) atoms. The fraction of sp³-hybridized carbons (Fsp3) is 0.647. The molecule has 2 saturated carbocycles. The summed E-state index contributed by atoms with van der Waals surface area (Å²) in [6, 6.07) is 10.6. The second kappa shape index (κ2) is 4.88. The van der Waals surface area contributed by atoms with Crippen molar-refractivity contribution in [3.63, 3.8) is 0 Å². The van der Waals surface area contributed by atoms with Crippen molar-refractivity contribution in [2.75, 3.05) is 0 Å².